The number of rotatable bonds is 3. The lowest BCUT2D eigenvalue weighted by Crippen LogP contribution is -2.50. The fourth-order valence-corrected chi connectivity index (χ4v) is 3.32. The molecule has 1 atom stereocenters. The summed E-state index contributed by atoms with van der Waals surface area (Å²) in [7, 11) is 1.58. The third-order valence-corrected chi connectivity index (χ3v) is 4.54. The molecule has 1 aromatic rings. The monoisotopic (exact) mass is 304 g/mol. The van der Waals surface area contributed by atoms with E-state index in [1.807, 2.05) is 11.0 Å². The van der Waals surface area contributed by atoms with E-state index in [1.165, 1.54) is 32.4 Å². The maximum atomic E-state index is 12.4. The summed E-state index contributed by atoms with van der Waals surface area (Å²) in [6, 6.07) is 4.05. The van der Waals surface area contributed by atoms with Gasteiger partial charge in [0.1, 0.15) is 0 Å². The van der Waals surface area contributed by atoms with Crippen LogP contribution in [0.5, 0.6) is 5.88 Å². The van der Waals surface area contributed by atoms with Crippen LogP contribution >= 0.6 is 0 Å². The van der Waals surface area contributed by atoms with Crippen LogP contribution in [0, 0.1) is 0 Å². The maximum Gasteiger partial charge on any atom is 0.321 e. The Kier molecular flexibility index (Phi) is 4.77. The largest absolute Gasteiger partial charge is 0.481 e. The fraction of sp³-hybridized carbons (Fsp3) is 0.625. The van der Waals surface area contributed by atoms with Crippen LogP contribution in [0.2, 0.25) is 0 Å². The summed E-state index contributed by atoms with van der Waals surface area (Å²) in [6.07, 6.45) is 6.49. The zero-order chi connectivity index (χ0) is 15.4. The number of likely N-dealkylation sites (tertiary alicyclic amines) is 2. The molecule has 0 spiro atoms. The Hall–Kier alpha value is -1.82. The number of pyridine rings is 1. The van der Waals surface area contributed by atoms with Gasteiger partial charge in [-0.2, -0.15) is 0 Å². The lowest BCUT2D eigenvalue weighted by atomic mass is 10.0. The van der Waals surface area contributed by atoms with Crippen molar-refractivity contribution in [2.75, 3.05) is 38.6 Å². The summed E-state index contributed by atoms with van der Waals surface area (Å²) < 4.78 is 5.02. The molecule has 0 aliphatic carbocycles. The molecule has 1 aromatic heterocycles. The molecule has 0 radical (unpaired) electrons. The molecule has 0 bridgehead atoms. The number of ether oxygens (including phenoxy) is 1. The summed E-state index contributed by atoms with van der Waals surface area (Å²) in [5.41, 5.74) is 0.703. The quantitative estimate of drug-likeness (QED) is 0.930. The summed E-state index contributed by atoms with van der Waals surface area (Å²) >= 11 is 0. The van der Waals surface area contributed by atoms with Crippen molar-refractivity contribution in [2.24, 2.45) is 0 Å². The van der Waals surface area contributed by atoms with Crippen LogP contribution in [-0.4, -0.2) is 60.1 Å². The molecule has 2 saturated heterocycles. The summed E-state index contributed by atoms with van der Waals surface area (Å²) in [6.45, 7) is 4.03. The molecule has 0 unspecified atom stereocenters. The van der Waals surface area contributed by atoms with Gasteiger partial charge in [-0.3, -0.25) is 4.90 Å². The van der Waals surface area contributed by atoms with Crippen LogP contribution < -0.4 is 10.1 Å². The van der Waals surface area contributed by atoms with E-state index in [0.29, 0.717) is 17.6 Å². The Morgan fingerprint density at radius 1 is 1.27 bits per heavy atom. The van der Waals surface area contributed by atoms with E-state index in [9.17, 15) is 4.79 Å². The number of nitrogens with zero attached hydrogens (tertiary/aromatic N) is 3. The van der Waals surface area contributed by atoms with Gasteiger partial charge in [0.05, 0.1) is 19.0 Å². The number of urea groups is 1. The fourth-order valence-electron chi connectivity index (χ4n) is 3.32. The number of aromatic nitrogens is 1. The van der Waals surface area contributed by atoms with E-state index >= 15 is 0 Å². The number of amides is 2. The first kappa shape index (κ1) is 15.1. The first-order valence-corrected chi connectivity index (χ1v) is 8.06. The molecule has 3 heterocycles. The standard InChI is InChI=1S/C16H24N4O2/c1-22-15-7-6-13(11-17-15)18-16(21)20-10-4-5-14(12-20)19-8-2-3-9-19/h6-7,11,14H,2-5,8-10,12H2,1H3,(H,18,21)/t14-/m0/s1. The molecular weight excluding hydrogens is 280 g/mol. The van der Waals surface area contributed by atoms with Crippen molar-refractivity contribution >= 4 is 11.7 Å². The van der Waals surface area contributed by atoms with E-state index in [4.69, 9.17) is 4.74 Å². The van der Waals surface area contributed by atoms with Crippen molar-refractivity contribution in [3.8, 4) is 5.88 Å². The van der Waals surface area contributed by atoms with Gasteiger partial charge in [-0.1, -0.05) is 0 Å². The van der Waals surface area contributed by atoms with E-state index in [2.05, 4.69) is 15.2 Å². The van der Waals surface area contributed by atoms with E-state index in [1.54, 1.807) is 19.4 Å². The lowest BCUT2D eigenvalue weighted by molar-refractivity contribution is 0.132. The van der Waals surface area contributed by atoms with E-state index in [0.717, 1.165) is 19.5 Å². The van der Waals surface area contributed by atoms with Crippen LogP contribution in [0.15, 0.2) is 18.3 Å². The highest BCUT2D eigenvalue weighted by atomic mass is 16.5. The second-order valence-electron chi connectivity index (χ2n) is 6.00. The first-order valence-electron chi connectivity index (χ1n) is 8.06. The van der Waals surface area contributed by atoms with Crippen molar-refractivity contribution in [2.45, 2.75) is 31.7 Å². The van der Waals surface area contributed by atoms with Crippen LogP contribution in [0.4, 0.5) is 10.5 Å². The molecule has 6 nitrogen and oxygen atoms in total. The molecular formula is C16H24N4O2. The second-order valence-corrected chi connectivity index (χ2v) is 6.00. The van der Waals surface area contributed by atoms with Gasteiger partial charge in [0, 0.05) is 25.2 Å². The van der Waals surface area contributed by atoms with Crippen molar-refractivity contribution in [1.82, 2.24) is 14.8 Å². The highest BCUT2D eigenvalue weighted by Crippen LogP contribution is 2.21. The number of carbonyl (C=O) groups is 1. The van der Waals surface area contributed by atoms with Crippen LogP contribution in [0.25, 0.3) is 0 Å². The lowest BCUT2D eigenvalue weighted by Gasteiger charge is -2.37. The minimum atomic E-state index is -0.0316. The van der Waals surface area contributed by atoms with Gasteiger partial charge >= 0.3 is 6.03 Å². The van der Waals surface area contributed by atoms with Crippen molar-refractivity contribution in [1.29, 1.82) is 0 Å². The summed E-state index contributed by atoms with van der Waals surface area (Å²) in [4.78, 5) is 21.0. The molecule has 2 aliphatic heterocycles. The summed E-state index contributed by atoms with van der Waals surface area (Å²) in [5, 5.41) is 2.92. The average Bonchev–Trinajstić information content (AvgIpc) is 3.10. The predicted molar refractivity (Wildman–Crippen MR) is 85.2 cm³/mol. The predicted octanol–water partition coefficient (Wildman–Crippen LogP) is 2.18. The minimum absolute atomic E-state index is 0.0316. The van der Waals surface area contributed by atoms with Gasteiger partial charge in [-0.25, -0.2) is 9.78 Å². The Balaban J connectivity index is 1.56. The normalized spacial score (nSPS) is 22.6. The highest BCUT2D eigenvalue weighted by Gasteiger charge is 2.29. The van der Waals surface area contributed by atoms with Gasteiger partial charge in [-0.15, -0.1) is 0 Å². The molecule has 22 heavy (non-hydrogen) atoms. The minimum Gasteiger partial charge on any atom is -0.481 e. The Morgan fingerprint density at radius 2 is 2.09 bits per heavy atom. The Morgan fingerprint density at radius 3 is 2.77 bits per heavy atom. The van der Waals surface area contributed by atoms with E-state index < -0.39 is 0 Å². The molecule has 6 heteroatoms. The zero-order valence-corrected chi connectivity index (χ0v) is 13.1. The zero-order valence-electron chi connectivity index (χ0n) is 13.1. The van der Waals surface area contributed by atoms with Crippen molar-refractivity contribution in [3.63, 3.8) is 0 Å². The number of anilines is 1. The van der Waals surface area contributed by atoms with Crippen molar-refractivity contribution < 1.29 is 9.53 Å². The number of methoxy groups -OCH3 is 1. The molecule has 2 fully saturated rings. The molecule has 120 valence electrons. The van der Waals surface area contributed by atoms with Gasteiger partial charge in [0.15, 0.2) is 0 Å². The molecule has 3 rings (SSSR count). The molecule has 2 aliphatic rings. The second kappa shape index (κ2) is 6.96. The molecule has 0 aromatic carbocycles. The molecule has 1 N–H and O–H groups in total. The first-order chi connectivity index (χ1) is 10.8. The van der Waals surface area contributed by atoms with Gasteiger partial charge in [0.25, 0.3) is 0 Å². The van der Waals surface area contributed by atoms with Gasteiger partial charge in [0.2, 0.25) is 5.88 Å². The molecule has 0 saturated carbocycles. The van der Waals surface area contributed by atoms with Crippen LogP contribution in [0.1, 0.15) is 25.7 Å². The number of nitrogens with one attached hydrogen (secondary N) is 1. The maximum absolute atomic E-state index is 12.4. The van der Waals surface area contributed by atoms with Crippen LogP contribution in [-0.2, 0) is 0 Å². The SMILES string of the molecule is COc1ccc(NC(=O)N2CCC[C@H](N3CCCC3)C2)cn1. The number of carbonyl (C=O) groups excluding carboxylic acids is 1. The van der Waals surface area contributed by atoms with Crippen LogP contribution in [0.3, 0.4) is 0 Å². The number of piperidine rings is 1. The molecule has 2 amide bonds. The average molecular weight is 304 g/mol. The van der Waals surface area contributed by atoms with Gasteiger partial charge in [-0.05, 0) is 44.8 Å². The third kappa shape index (κ3) is 3.50. The topological polar surface area (TPSA) is 57.7 Å². The van der Waals surface area contributed by atoms with E-state index in [-0.39, 0.29) is 6.03 Å². The number of hydrogen-bond donors (Lipinski definition) is 1. The van der Waals surface area contributed by atoms with Crippen molar-refractivity contribution in [3.05, 3.63) is 18.3 Å². The Labute approximate surface area is 131 Å². The third-order valence-electron chi connectivity index (χ3n) is 4.54. The summed E-state index contributed by atoms with van der Waals surface area (Å²) in [5.74, 6) is 0.546. The van der Waals surface area contributed by atoms with Gasteiger partial charge < -0.3 is 15.0 Å². The Bertz CT molecular complexity index is 499. The number of hydrogen-bond acceptors (Lipinski definition) is 4. The smallest absolute Gasteiger partial charge is 0.321 e. The highest BCUT2D eigenvalue weighted by molar-refractivity contribution is 5.89.